The number of hydrogen-bond donors (Lipinski definition) is 1. The Kier molecular flexibility index (Phi) is 6.03. The summed E-state index contributed by atoms with van der Waals surface area (Å²) in [5.41, 5.74) is 2.40. The maximum Gasteiger partial charge on any atom is 0.137 e. The number of halogens is 1. The number of benzene rings is 2. The molecular weight excluding hydrogens is 330 g/mol. The van der Waals surface area contributed by atoms with Gasteiger partial charge in [-0.1, -0.05) is 61.8 Å². The van der Waals surface area contributed by atoms with E-state index in [1.54, 1.807) is 0 Å². The Bertz CT molecular complexity index is 678. The average Bonchev–Trinajstić information content (AvgIpc) is 2.64. The molecule has 1 fully saturated rings. The van der Waals surface area contributed by atoms with E-state index >= 15 is 0 Å². The lowest BCUT2D eigenvalue weighted by Gasteiger charge is -2.27. The Morgan fingerprint density at radius 1 is 1.12 bits per heavy atom. The van der Waals surface area contributed by atoms with Crippen LogP contribution in [0.4, 0.5) is 0 Å². The molecule has 2 aromatic rings. The third-order valence-electron chi connectivity index (χ3n) is 5.33. The first-order valence-electron chi connectivity index (χ1n) is 9.26. The highest BCUT2D eigenvalue weighted by molar-refractivity contribution is 6.32. The highest BCUT2D eigenvalue weighted by Crippen LogP contribution is 2.35. The fraction of sp³-hybridized carbons (Fsp3) is 0.455. The van der Waals surface area contributed by atoms with Crippen molar-refractivity contribution in [2.75, 3.05) is 19.7 Å². The molecule has 0 spiro atoms. The zero-order chi connectivity index (χ0) is 17.7. The molecule has 0 radical (unpaired) electrons. The van der Waals surface area contributed by atoms with E-state index in [1.165, 1.54) is 24.0 Å². The van der Waals surface area contributed by atoms with E-state index < -0.39 is 0 Å². The number of rotatable bonds is 6. The Balaban J connectivity index is 1.64. The summed E-state index contributed by atoms with van der Waals surface area (Å²) in [4.78, 5) is 0. The molecule has 2 nitrogen and oxygen atoms in total. The summed E-state index contributed by atoms with van der Waals surface area (Å²) >= 11 is 6.51. The van der Waals surface area contributed by atoms with E-state index in [0.717, 1.165) is 37.8 Å². The molecular formula is C22H28ClNO. The van der Waals surface area contributed by atoms with Gasteiger partial charge in [-0.2, -0.15) is 0 Å². The Morgan fingerprint density at radius 2 is 1.92 bits per heavy atom. The zero-order valence-corrected chi connectivity index (χ0v) is 16.0. The topological polar surface area (TPSA) is 21.3 Å². The highest BCUT2D eigenvalue weighted by atomic mass is 35.5. The van der Waals surface area contributed by atoms with E-state index in [0.29, 0.717) is 5.02 Å². The quantitative estimate of drug-likeness (QED) is 0.743. The van der Waals surface area contributed by atoms with Crippen LogP contribution in [0.15, 0.2) is 48.5 Å². The van der Waals surface area contributed by atoms with E-state index in [9.17, 15) is 0 Å². The molecule has 0 aliphatic carbocycles. The van der Waals surface area contributed by atoms with Crippen LogP contribution in [0.1, 0.15) is 44.2 Å². The smallest absolute Gasteiger partial charge is 0.137 e. The van der Waals surface area contributed by atoms with Crippen molar-refractivity contribution in [3.8, 4) is 5.75 Å². The van der Waals surface area contributed by atoms with Crippen LogP contribution in [0.2, 0.25) is 5.02 Å². The monoisotopic (exact) mass is 357 g/mol. The molecule has 1 atom stereocenters. The van der Waals surface area contributed by atoms with Gasteiger partial charge in [0.1, 0.15) is 5.75 Å². The van der Waals surface area contributed by atoms with Gasteiger partial charge in [0.25, 0.3) is 0 Å². The maximum atomic E-state index is 6.51. The molecule has 1 aliphatic heterocycles. The first-order valence-corrected chi connectivity index (χ1v) is 9.64. The summed E-state index contributed by atoms with van der Waals surface area (Å²) in [6.45, 7) is 7.45. The van der Waals surface area contributed by atoms with Crippen molar-refractivity contribution in [2.24, 2.45) is 5.92 Å². The Hall–Kier alpha value is -1.51. The predicted octanol–water partition coefficient (Wildman–Crippen LogP) is 5.43. The zero-order valence-electron chi connectivity index (χ0n) is 15.2. The molecule has 0 amide bonds. The second kappa shape index (κ2) is 8.25. The molecule has 0 bridgehead atoms. The van der Waals surface area contributed by atoms with Gasteiger partial charge in [0.15, 0.2) is 0 Å². The van der Waals surface area contributed by atoms with Gasteiger partial charge in [0.05, 0.1) is 11.6 Å². The van der Waals surface area contributed by atoms with Gasteiger partial charge in [-0.15, -0.1) is 0 Å². The lowest BCUT2D eigenvalue weighted by molar-refractivity contribution is 0.254. The van der Waals surface area contributed by atoms with E-state index in [1.807, 2.05) is 18.2 Å². The number of piperidine rings is 1. The summed E-state index contributed by atoms with van der Waals surface area (Å²) in [6, 6.07) is 16.7. The van der Waals surface area contributed by atoms with Crippen LogP contribution in [0.3, 0.4) is 0 Å². The van der Waals surface area contributed by atoms with Gasteiger partial charge in [0, 0.05) is 5.41 Å². The molecule has 0 aromatic heterocycles. The van der Waals surface area contributed by atoms with Crippen LogP contribution >= 0.6 is 11.6 Å². The first kappa shape index (κ1) is 18.3. The Morgan fingerprint density at radius 3 is 2.60 bits per heavy atom. The minimum Gasteiger partial charge on any atom is -0.492 e. The standard InChI is InChI=1S/C22H28ClNO/c1-22(2,18-8-4-3-5-9-18)19-10-11-21(20(23)15-19)25-14-12-17-7-6-13-24-16-17/h3-5,8-11,15,17,24H,6-7,12-14,16H2,1-2H3/t17-/m1/s1. The van der Waals surface area contributed by atoms with Crippen molar-refractivity contribution in [2.45, 2.75) is 38.5 Å². The molecule has 0 unspecified atom stereocenters. The molecule has 2 aromatic carbocycles. The highest BCUT2D eigenvalue weighted by Gasteiger charge is 2.23. The van der Waals surface area contributed by atoms with Crippen molar-refractivity contribution < 1.29 is 4.74 Å². The minimum atomic E-state index is -0.0861. The van der Waals surface area contributed by atoms with Gasteiger partial charge < -0.3 is 10.1 Å². The summed E-state index contributed by atoms with van der Waals surface area (Å²) < 4.78 is 5.95. The third-order valence-corrected chi connectivity index (χ3v) is 5.63. The van der Waals surface area contributed by atoms with Crippen LogP contribution in [0.25, 0.3) is 0 Å². The minimum absolute atomic E-state index is 0.0861. The molecule has 0 saturated carbocycles. The van der Waals surface area contributed by atoms with Crippen molar-refractivity contribution >= 4 is 11.6 Å². The third kappa shape index (κ3) is 4.56. The van der Waals surface area contributed by atoms with Gasteiger partial charge in [-0.25, -0.2) is 0 Å². The van der Waals surface area contributed by atoms with Crippen LogP contribution in [0, 0.1) is 5.92 Å². The van der Waals surface area contributed by atoms with Crippen LogP contribution in [-0.4, -0.2) is 19.7 Å². The van der Waals surface area contributed by atoms with Gasteiger partial charge >= 0.3 is 0 Å². The predicted molar refractivity (Wildman–Crippen MR) is 106 cm³/mol. The summed E-state index contributed by atoms with van der Waals surface area (Å²) in [6.07, 6.45) is 3.66. The fourth-order valence-electron chi connectivity index (χ4n) is 3.53. The molecule has 134 valence electrons. The van der Waals surface area contributed by atoms with Crippen molar-refractivity contribution in [1.29, 1.82) is 0 Å². The second-order valence-electron chi connectivity index (χ2n) is 7.49. The van der Waals surface area contributed by atoms with E-state index in [2.05, 4.69) is 49.5 Å². The normalized spacial score (nSPS) is 18.1. The number of ether oxygens (including phenoxy) is 1. The number of hydrogen-bond acceptors (Lipinski definition) is 2. The lowest BCUT2D eigenvalue weighted by atomic mass is 9.78. The molecule has 1 saturated heterocycles. The molecule has 1 aliphatic rings. The van der Waals surface area contributed by atoms with Crippen LogP contribution < -0.4 is 10.1 Å². The summed E-state index contributed by atoms with van der Waals surface area (Å²) in [5, 5.41) is 4.15. The van der Waals surface area contributed by atoms with E-state index in [4.69, 9.17) is 16.3 Å². The van der Waals surface area contributed by atoms with Crippen LogP contribution in [0.5, 0.6) is 5.75 Å². The van der Waals surface area contributed by atoms with Crippen molar-refractivity contribution in [3.05, 3.63) is 64.7 Å². The van der Waals surface area contributed by atoms with Gasteiger partial charge in [0.2, 0.25) is 0 Å². The lowest BCUT2D eigenvalue weighted by Crippen LogP contribution is -2.30. The van der Waals surface area contributed by atoms with Gasteiger partial charge in [-0.05, 0) is 61.5 Å². The number of nitrogens with one attached hydrogen (secondary N) is 1. The maximum absolute atomic E-state index is 6.51. The Labute approximate surface area is 156 Å². The molecule has 3 rings (SSSR count). The summed E-state index contributed by atoms with van der Waals surface area (Å²) in [7, 11) is 0. The van der Waals surface area contributed by atoms with E-state index in [-0.39, 0.29) is 5.41 Å². The average molecular weight is 358 g/mol. The largest absolute Gasteiger partial charge is 0.492 e. The second-order valence-corrected chi connectivity index (χ2v) is 7.89. The SMILES string of the molecule is CC(C)(c1ccccc1)c1ccc(OCC[C@H]2CCCNC2)c(Cl)c1. The van der Waals surface area contributed by atoms with Crippen LogP contribution in [-0.2, 0) is 5.41 Å². The van der Waals surface area contributed by atoms with Gasteiger partial charge in [-0.3, -0.25) is 0 Å². The molecule has 25 heavy (non-hydrogen) atoms. The van der Waals surface area contributed by atoms with Crippen molar-refractivity contribution in [1.82, 2.24) is 5.32 Å². The van der Waals surface area contributed by atoms with Crippen molar-refractivity contribution in [3.63, 3.8) is 0 Å². The molecule has 1 heterocycles. The molecule has 1 N–H and O–H groups in total. The first-order chi connectivity index (χ1) is 12.1. The fourth-order valence-corrected chi connectivity index (χ4v) is 3.77. The molecule has 3 heteroatoms. The summed E-state index contributed by atoms with van der Waals surface area (Å²) in [5.74, 6) is 1.52.